The van der Waals surface area contributed by atoms with Gasteiger partial charge in [-0.15, -0.1) is 24.0 Å². The summed E-state index contributed by atoms with van der Waals surface area (Å²) in [7, 11) is 1.81. The molecule has 33 heavy (non-hydrogen) atoms. The summed E-state index contributed by atoms with van der Waals surface area (Å²) in [5.74, 6) is 2.05. The summed E-state index contributed by atoms with van der Waals surface area (Å²) in [6.07, 6.45) is 3.85. The van der Waals surface area contributed by atoms with E-state index < -0.39 is 0 Å². The van der Waals surface area contributed by atoms with E-state index in [1.54, 1.807) is 0 Å². The molecule has 2 fully saturated rings. The van der Waals surface area contributed by atoms with Crippen LogP contribution in [0.25, 0.3) is 0 Å². The molecule has 10 heteroatoms. The van der Waals surface area contributed by atoms with E-state index >= 15 is 0 Å². The Hall–Kier alpha value is -2.18. The lowest BCUT2D eigenvalue weighted by Crippen LogP contribution is -2.54. The Labute approximate surface area is 212 Å². The number of ether oxygens (including phenoxy) is 1. The van der Waals surface area contributed by atoms with Gasteiger partial charge in [-0.3, -0.25) is 14.7 Å². The third-order valence-corrected chi connectivity index (χ3v) is 6.01. The molecule has 9 nitrogen and oxygen atoms in total. The van der Waals surface area contributed by atoms with Crippen molar-refractivity contribution in [2.24, 2.45) is 4.99 Å². The minimum atomic E-state index is 0. The number of carbonyl (C=O) groups is 1. The average Bonchev–Trinajstić information content (AvgIpc) is 3.28. The fourth-order valence-electron chi connectivity index (χ4n) is 4.14. The lowest BCUT2D eigenvalue weighted by atomic mass is 10.2. The summed E-state index contributed by atoms with van der Waals surface area (Å²) in [4.78, 5) is 27.9. The molecular weight excluding hydrogens is 533 g/mol. The Bertz CT molecular complexity index is 891. The van der Waals surface area contributed by atoms with Gasteiger partial charge < -0.3 is 24.4 Å². The summed E-state index contributed by atoms with van der Waals surface area (Å²) in [5, 5.41) is 3.46. The predicted molar refractivity (Wildman–Crippen MR) is 139 cm³/mol. The van der Waals surface area contributed by atoms with Crippen LogP contribution in [-0.4, -0.2) is 102 Å². The first kappa shape index (κ1) is 25.4. The van der Waals surface area contributed by atoms with Crippen molar-refractivity contribution in [1.82, 2.24) is 29.6 Å². The molecule has 0 spiro atoms. The third-order valence-electron chi connectivity index (χ3n) is 6.01. The van der Waals surface area contributed by atoms with Gasteiger partial charge in [-0.2, -0.15) is 0 Å². The number of carbonyl (C=O) groups excluding carboxylic acids is 1. The molecule has 0 atom stereocenters. The highest BCUT2D eigenvalue weighted by Gasteiger charge is 2.24. The minimum absolute atomic E-state index is 0. The molecule has 180 valence electrons. The topological polar surface area (TPSA) is 78.2 Å². The number of guanidine groups is 1. The zero-order valence-corrected chi connectivity index (χ0v) is 21.6. The number of rotatable bonds is 6. The van der Waals surface area contributed by atoms with Gasteiger partial charge in [0.1, 0.15) is 5.82 Å². The van der Waals surface area contributed by atoms with Gasteiger partial charge >= 0.3 is 0 Å². The molecule has 1 aromatic heterocycles. The standard InChI is InChI=1S/C23H33N7O2.HI/c1-24-23(26-17-21-25-7-8-30(21)18-20-5-3-2-4-6-20)29-11-9-27(10-12-29)19-22(31)28-13-15-32-16-14-28;/h2-8H,9-19H2,1H3,(H,24,26);1H. The maximum atomic E-state index is 12.5. The Morgan fingerprint density at radius 2 is 1.79 bits per heavy atom. The number of imidazole rings is 1. The lowest BCUT2D eigenvalue weighted by molar-refractivity contribution is -0.136. The molecule has 2 aliphatic heterocycles. The highest BCUT2D eigenvalue weighted by molar-refractivity contribution is 14.0. The van der Waals surface area contributed by atoms with Crippen LogP contribution in [0, 0.1) is 0 Å². The molecular formula is C23H34IN7O2. The molecule has 0 saturated carbocycles. The van der Waals surface area contributed by atoms with Crippen molar-refractivity contribution in [2.75, 3.05) is 66.1 Å². The van der Waals surface area contributed by atoms with Crippen molar-refractivity contribution in [1.29, 1.82) is 0 Å². The number of amides is 1. The molecule has 1 aromatic carbocycles. The fraction of sp³-hybridized carbons (Fsp3) is 0.522. The fourth-order valence-corrected chi connectivity index (χ4v) is 4.14. The number of halogens is 1. The first-order chi connectivity index (χ1) is 15.7. The van der Waals surface area contributed by atoms with Crippen LogP contribution in [0.1, 0.15) is 11.4 Å². The van der Waals surface area contributed by atoms with E-state index in [2.05, 4.69) is 53.9 Å². The Kier molecular flexibility index (Phi) is 9.95. The second kappa shape index (κ2) is 12.9. The van der Waals surface area contributed by atoms with Crippen molar-refractivity contribution in [3.63, 3.8) is 0 Å². The molecule has 1 N–H and O–H groups in total. The Morgan fingerprint density at radius 1 is 1.06 bits per heavy atom. The van der Waals surface area contributed by atoms with E-state index in [4.69, 9.17) is 4.74 Å². The Morgan fingerprint density at radius 3 is 2.48 bits per heavy atom. The average molecular weight is 567 g/mol. The minimum Gasteiger partial charge on any atom is -0.378 e. The van der Waals surface area contributed by atoms with Crippen molar-refractivity contribution >= 4 is 35.8 Å². The van der Waals surface area contributed by atoms with Gasteiger partial charge in [-0.05, 0) is 5.56 Å². The molecule has 2 aromatic rings. The zero-order chi connectivity index (χ0) is 22.2. The van der Waals surface area contributed by atoms with E-state index in [1.165, 1.54) is 5.56 Å². The summed E-state index contributed by atoms with van der Waals surface area (Å²) in [5.41, 5.74) is 1.25. The number of aliphatic imine (C=N–C) groups is 1. The van der Waals surface area contributed by atoms with Gasteiger partial charge in [0, 0.05) is 65.3 Å². The zero-order valence-electron chi connectivity index (χ0n) is 19.2. The molecule has 0 aliphatic carbocycles. The van der Waals surface area contributed by atoms with Crippen molar-refractivity contribution in [3.05, 3.63) is 54.1 Å². The number of benzene rings is 1. The molecule has 0 bridgehead atoms. The lowest BCUT2D eigenvalue weighted by Gasteiger charge is -2.37. The summed E-state index contributed by atoms with van der Waals surface area (Å²) < 4.78 is 7.50. The van der Waals surface area contributed by atoms with Crippen molar-refractivity contribution < 1.29 is 9.53 Å². The summed E-state index contributed by atoms with van der Waals surface area (Å²) >= 11 is 0. The third kappa shape index (κ3) is 7.15. The van der Waals surface area contributed by atoms with Crippen LogP contribution in [0.4, 0.5) is 0 Å². The predicted octanol–water partition coefficient (Wildman–Crippen LogP) is 1.10. The Balaban J connectivity index is 0.00000306. The van der Waals surface area contributed by atoms with Crippen LogP contribution in [0.3, 0.4) is 0 Å². The molecule has 2 saturated heterocycles. The van der Waals surface area contributed by atoms with E-state index in [0.29, 0.717) is 39.4 Å². The molecule has 2 aliphatic rings. The first-order valence-corrected chi connectivity index (χ1v) is 11.3. The number of hydrogen-bond acceptors (Lipinski definition) is 5. The summed E-state index contributed by atoms with van der Waals surface area (Å²) in [6, 6.07) is 10.4. The molecule has 1 amide bonds. The maximum Gasteiger partial charge on any atom is 0.236 e. The first-order valence-electron chi connectivity index (χ1n) is 11.3. The van der Waals surface area contributed by atoms with Crippen molar-refractivity contribution in [3.8, 4) is 0 Å². The van der Waals surface area contributed by atoms with Gasteiger partial charge in [0.05, 0.1) is 26.3 Å². The van der Waals surface area contributed by atoms with Gasteiger partial charge in [-0.1, -0.05) is 30.3 Å². The van der Waals surface area contributed by atoms with Crippen molar-refractivity contribution in [2.45, 2.75) is 13.1 Å². The van der Waals surface area contributed by atoms with Gasteiger partial charge in [0.15, 0.2) is 5.96 Å². The molecule has 0 radical (unpaired) electrons. The largest absolute Gasteiger partial charge is 0.378 e. The highest BCUT2D eigenvalue weighted by atomic mass is 127. The highest BCUT2D eigenvalue weighted by Crippen LogP contribution is 2.08. The normalized spacial score (nSPS) is 17.5. The van der Waals surface area contributed by atoms with Crippen LogP contribution in [0.5, 0.6) is 0 Å². The van der Waals surface area contributed by atoms with Crippen LogP contribution in [-0.2, 0) is 22.6 Å². The van der Waals surface area contributed by atoms with Crippen LogP contribution in [0.2, 0.25) is 0 Å². The smallest absolute Gasteiger partial charge is 0.236 e. The van der Waals surface area contributed by atoms with E-state index in [-0.39, 0.29) is 29.9 Å². The molecule has 4 rings (SSSR count). The van der Waals surface area contributed by atoms with Crippen LogP contribution in [0.15, 0.2) is 47.7 Å². The second-order valence-electron chi connectivity index (χ2n) is 8.11. The number of morpholine rings is 1. The number of hydrogen-bond donors (Lipinski definition) is 1. The molecule has 0 unspecified atom stereocenters. The maximum absolute atomic E-state index is 12.5. The second-order valence-corrected chi connectivity index (χ2v) is 8.11. The van der Waals surface area contributed by atoms with Gasteiger partial charge in [0.2, 0.25) is 5.91 Å². The number of aromatic nitrogens is 2. The van der Waals surface area contributed by atoms with Gasteiger partial charge in [0.25, 0.3) is 0 Å². The van der Waals surface area contributed by atoms with E-state index in [0.717, 1.165) is 44.5 Å². The van der Waals surface area contributed by atoms with Gasteiger partial charge in [-0.25, -0.2) is 4.98 Å². The number of nitrogens with one attached hydrogen (secondary N) is 1. The molecule has 3 heterocycles. The monoisotopic (exact) mass is 567 g/mol. The number of nitrogens with zero attached hydrogens (tertiary/aromatic N) is 6. The van der Waals surface area contributed by atoms with Crippen LogP contribution < -0.4 is 5.32 Å². The quantitative estimate of drug-likeness (QED) is 0.320. The summed E-state index contributed by atoms with van der Waals surface area (Å²) in [6.45, 7) is 7.97. The van der Waals surface area contributed by atoms with E-state index in [9.17, 15) is 4.79 Å². The van der Waals surface area contributed by atoms with Crippen LogP contribution >= 0.6 is 24.0 Å². The number of piperazine rings is 1. The SMILES string of the molecule is CN=C(NCc1nccn1Cc1ccccc1)N1CCN(CC(=O)N2CCOCC2)CC1.I. The van der Waals surface area contributed by atoms with E-state index in [1.807, 2.05) is 30.4 Å².